The van der Waals surface area contributed by atoms with Crippen LogP contribution in [-0.4, -0.2) is 7.11 Å². The van der Waals surface area contributed by atoms with E-state index in [9.17, 15) is 4.39 Å². The monoisotopic (exact) mass is 402 g/mol. The first-order valence-electron chi connectivity index (χ1n) is 5.81. The van der Waals surface area contributed by atoms with Gasteiger partial charge in [0.1, 0.15) is 11.6 Å². The molecule has 1 atom stereocenters. The molecule has 0 radical (unpaired) electrons. The summed E-state index contributed by atoms with van der Waals surface area (Å²) in [6.45, 7) is 0. The molecule has 0 aliphatic heterocycles. The second-order valence-corrected chi connectivity index (χ2v) is 5.92. The lowest BCUT2D eigenvalue weighted by atomic mass is 9.98. The van der Waals surface area contributed by atoms with Crippen LogP contribution in [0.4, 0.5) is 4.39 Å². The molecule has 0 spiro atoms. The number of nitrogens with one attached hydrogen (secondary N) is 1. The van der Waals surface area contributed by atoms with Crippen LogP contribution < -0.4 is 16.0 Å². The van der Waals surface area contributed by atoms with Crippen LogP contribution in [0.5, 0.6) is 5.75 Å². The normalized spacial score (nSPS) is 12.2. The van der Waals surface area contributed by atoms with Crippen LogP contribution in [0.25, 0.3) is 0 Å². The van der Waals surface area contributed by atoms with Gasteiger partial charge < -0.3 is 4.74 Å². The van der Waals surface area contributed by atoms with Gasteiger partial charge in [-0.3, -0.25) is 5.84 Å². The van der Waals surface area contributed by atoms with E-state index in [1.165, 1.54) is 12.1 Å². The van der Waals surface area contributed by atoms with Crippen LogP contribution >= 0.6 is 31.9 Å². The van der Waals surface area contributed by atoms with Gasteiger partial charge in [-0.15, -0.1) is 0 Å². The van der Waals surface area contributed by atoms with E-state index in [0.29, 0.717) is 11.3 Å². The number of nitrogens with two attached hydrogens (primary N) is 1. The molecule has 2 rings (SSSR count). The number of benzene rings is 2. The molecule has 0 amide bonds. The van der Waals surface area contributed by atoms with Gasteiger partial charge in [-0.2, -0.15) is 0 Å². The number of ether oxygens (including phenoxy) is 1. The van der Waals surface area contributed by atoms with Crippen molar-refractivity contribution < 1.29 is 9.13 Å². The van der Waals surface area contributed by atoms with Crippen LogP contribution in [0.3, 0.4) is 0 Å². The Morgan fingerprint density at radius 1 is 1.15 bits per heavy atom. The van der Waals surface area contributed by atoms with Gasteiger partial charge in [0.2, 0.25) is 0 Å². The largest absolute Gasteiger partial charge is 0.496 e. The quantitative estimate of drug-likeness (QED) is 0.600. The lowest BCUT2D eigenvalue weighted by Gasteiger charge is -2.21. The highest BCUT2D eigenvalue weighted by Crippen LogP contribution is 2.34. The van der Waals surface area contributed by atoms with Gasteiger partial charge in [0.25, 0.3) is 0 Å². The van der Waals surface area contributed by atoms with Crippen molar-refractivity contribution in [1.82, 2.24) is 5.43 Å². The van der Waals surface area contributed by atoms with E-state index in [4.69, 9.17) is 10.6 Å². The van der Waals surface area contributed by atoms with E-state index < -0.39 is 0 Å². The molecule has 0 bridgehead atoms. The van der Waals surface area contributed by atoms with E-state index in [1.807, 2.05) is 18.2 Å². The van der Waals surface area contributed by atoms with Crippen LogP contribution in [0.2, 0.25) is 0 Å². The highest BCUT2D eigenvalue weighted by molar-refractivity contribution is 9.11. The van der Waals surface area contributed by atoms with E-state index >= 15 is 0 Å². The lowest BCUT2D eigenvalue weighted by Crippen LogP contribution is -2.29. The molecule has 2 aromatic rings. The van der Waals surface area contributed by atoms with E-state index in [1.54, 1.807) is 13.2 Å². The molecular formula is C14H13Br2FN2O. The first-order chi connectivity index (χ1) is 9.56. The van der Waals surface area contributed by atoms with Crippen LogP contribution in [0, 0.1) is 5.82 Å². The Morgan fingerprint density at radius 2 is 1.90 bits per heavy atom. The summed E-state index contributed by atoms with van der Waals surface area (Å²) >= 11 is 6.89. The minimum absolute atomic E-state index is 0.339. The Bertz CT molecular complexity index is 622. The second kappa shape index (κ2) is 6.67. The van der Waals surface area contributed by atoms with E-state index in [-0.39, 0.29) is 11.9 Å². The van der Waals surface area contributed by atoms with Gasteiger partial charge in [0, 0.05) is 14.5 Å². The third-order valence-corrected chi connectivity index (χ3v) is 4.12. The van der Waals surface area contributed by atoms with Crippen molar-refractivity contribution in [2.75, 3.05) is 7.11 Å². The summed E-state index contributed by atoms with van der Waals surface area (Å²) in [6, 6.07) is 9.68. The molecule has 106 valence electrons. The molecule has 3 nitrogen and oxygen atoms in total. The van der Waals surface area contributed by atoms with Crippen LogP contribution in [0.15, 0.2) is 45.3 Å². The zero-order valence-electron chi connectivity index (χ0n) is 10.7. The fourth-order valence-corrected chi connectivity index (χ4v) is 3.29. The predicted molar refractivity (Wildman–Crippen MR) is 84.0 cm³/mol. The molecule has 0 saturated carbocycles. The fraction of sp³-hybridized carbons (Fsp3) is 0.143. The highest BCUT2D eigenvalue weighted by atomic mass is 79.9. The fourth-order valence-electron chi connectivity index (χ4n) is 2.01. The van der Waals surface area contributed by atoms with E-state index in [2.05, 4.69) is 37.3 Å². The minimum atomic E-state index is -0.386. The Morgan fingerprint density at radius 3 is 2.50 bits per heavy atom. The number of hydrogen-bond acceptors (Lipinski definition) is 3. The Kier molecular flexibility index (Phi) is 5.15. The molecule has 0 aliphatic carbocycles. The first kappa shape index (κ1) is 15.4. The number of hydrazine groups is 1. The van der Waals surface area contributed by atoms with Gasteiger partial charge in [-0.1, -0.05) is 37.9 Å². The molecule has 0 aromatic heterocycles. The number of methoxy groups -OCH3 is 1. The highest BCUT2D eigenvalue weighted by Gasteiger charge is 2.20. The van der Waals surface area contributed by atoms with Gasteiger partial charge in [0.15, 0.2) is 0 Å². The van der Waals surface area contributed by atoms with Crippen molar-refractivity contribution in [3.05, 3.63) is 62.3 Å². The summed E-state index contributed by atoms with van der Waals surface area (Å²) in [5.74, 6) is 5.89. The maximum absolute atomic E-state index is 13.5. The topological polar surface area (TPSA) is 47.3 Å². The van der Waals surface area contributed by atoms with Crippen LogP contribution in [0.1, 0.15) is 17.2 Å². The molecule has 3 N–H and O–H groups in total. The zero-order chi connectivity index (χ0) is 14.7. The first-order valence-corrected chi connectivity index (χ1v) is 7.40. The third kappa shape index (κ3) is 3.20. The Balaban J connectivity index is 2.54. The van der Waals surface area contributed by atoms with Gasteiger partial charge >= 0.3 is 0 Å². The lowest BCUT2D eigenvalue weighted by molar-refractivity contribution is 0.402. The zero-order valence-corrected chi connectivity index (χ0v) is 13.8. The maximum Gasteiger partial charge on any atom is 0.124 e. The van der Waals surface area contributed by atoms with Crippen molar-refractivity contribution in [2.24, 2.45) is 5.84 Å². The molecule has 1 unspecified atom stereocenters. The summed E-state index contributed by atoms with van der Waals surface area (Å²) in [4.78, 5) is 0. The van der Waals surface area contributed by atoms with Gasteiger partial charge in [-0.05, 0) is 35.9 Å². The number of halogens is 3. The van der Waals surface area contributed by atoms with Crippen LogP contribution in [-0.2, 0) is 0 Å². The molecule has 0 heterocycles. The van der Waals surface area contributed by atoms with Crippen molar-refractivity contribution >= 4 is 31.9 Å². The molecule has 0 fully saturated rings. The molecular weight excluding hydrogens is 391 g/mol. The Hall–Kier alpha value is -0.950. The van der Waals surface area contributed by atoms with Gasteiger partial charge in [-0.25, -0.2) is 9.82 Å². The molecule has 0 saturated heterocycles. The predicted octanol–water partition coefficient (Wildman–Crippen LogP) is 3.91. The smallest absolute Gasteiger partial charge is 0.124 e. The number of hydrogen-bond donors (Lipinski definition) is 2. The van der Waals surface area contributed by atoms with Gasteiger partial charge in [0.05, 0.1) is 13.2 Å². The summed E-state index contributed by atoms with van der Waals surface area (Å²) in [5.41, 5.74) is 4.23. The maximum atomic E-state index is 13.5. The molecule has 0 aliphatic rings. The van der Waals surface area contributed by atoms with Crippen molar-refractivity contribution in [1.29, 1.82) is 0 Å². The molecule has 2 aromatic carbocycles. The second-order valence-electron chi connectivity index (χ2n) is 4.15. The Labute approximate surface area is 133 Å². The molecule has 20 heavy (non-hydrogen) atoms. The average Bonchev–Trinajstić information content (AvgIpc) is 2.42. The average molecular weight is 404 g/mol. The van der Waals surface area contributed by atoms with E-state index in [0.717, 1.165) is 14.5 Å². The summed E-state index contributed by atoms with van der Waals surface area (Å²) < 4.78 is 20.6. The summed E-state index contributed by atoms with van der Waals surface area (Å²) in [6.07, 6.45) is 0. The molecule has 6 heteroatoms. The van der Waals surface area contributed by atoms with Crippen molar-refractivity contribution in [2.45, 2.75) is 6.04 Å². The van der Waals surface area contributed by atoms with Crippen molar-refractivity contribution in [3.8, 4) is 5.75 Å². The number of rotatable bonds is 4. The standard InChI is InChI=1S/C14H13Br2FN2O/c1-20-13-5-3-9(17)7-11(13)14(19-18)10-4-2-8(15)6-12(10)16/h2-7,14,19H,18H2,1H3. The third-order valence-electron chi connectivity index (χ3n) is 2.94. The SMILES string of the molecule is COc1ccc(F)cc1C(NN)c1ccc(Br)cc1Br. The summed E-state index contributed by atoms with van der Waals surface area (Å²) in [5, 5.41) is 0. The minimum Gasteiger partial charge on any atom is -0.496 e. The summed E-state index contributed by atoms with van der Waals surface area (Å²) in [7, 11) is 1.54. The van der Waals surface area contributed by atoms with Crippen molar-refractivity contribution in [3.63, 3.8) is 0 Å².